The Labute approximate surface area is 84.3 Å². The highest BCUT2D eigenvalue weighted by molar-refractivity contribution is 6.74. The topological polar surface area (TPSA) is 9.23 Å². The number of hydrogen-bond acceptors (Lipinski definition) is 1. The van der Waals surface area contributed by atoms with Crippen LogP contribution in [0.5, 0.6) is 0 Å². The summed E-state index contributed by atoms with van der Waals surface area (Å²) in [5, 5.41) is 0.303. The molecule has 0 bridgehead atoms. The number of hydrogen-bond donors (Lipinski definition) is 0. The molecule has 0 unspecified atom stereocenters. The van der Waals surface area contributed by atoms with Crippen molar-refractivity contribution in [3.05, 3.63) is 11.8 Å². The van der Waals surface area contributed by atoms with Crippen molar-refractivity contribution in [2.24, 2.45) is 0 Å². The van der Waals surface area contributed by atoms with Gasteiger partial charge in [0.1, 0.15) is 0 Å². The molecule has 0 aromatic rings. The SMILES string of the molecule is CC/C(C)=C/O[Si](C)(C)C(C)(C)C. The van der Waals surface area contributed by atoms with Gasteiger partial charge < -0.3 is 4.43 Å². The van der Waals surface area contributed by atoms with Crippen molar-refractivity contribution in [2.75, 3.05) is 0 Å². The van der Waals surface area contributed by atoms with Crippen LogP contribution in [-0.4, -0.2) is 8.32 Å². The van der Waals surface area contributed by atoms with Gasteiger partial charge in [0, 0.05) is 0 Å². The van der Waals surface area contributed by atoms with Crippen molar-refractivity contribution >= 4 is 8.32 Å². The average Bonchev–Trinajstić information content (AvgIpc) is 1.98. The van der Waals surface area contributed by atoms with Gasteiger partial charge in [-0.3, -0.25) is 0 Å². The molecule has 2 heteroatoms. The minimum absolute atomic E-state index is 0.303. The fourth-order valence-electron chi connectivity index (χ4n) is 0.508. The largest absolute Gasteiger partial charge is 0.549 e. The minimum atomic E-state index is -1.56. The Bertz CT molecular complexity index is 187. The predicted octanol–water partition coefficient (Wildman–Crippen LogP) is 4.32. The maximum Gasteiger partial charge on any atom is 0.249 e. The molecule has 1 nitrogen and oxygen atoms in total. The molecule has 0 aliphatic heterocycles. The van der Waals surface area contributed by atoms with E-state index in [0.29, 0.717) is 5.04 Å². The third-order valence-electron chi connectivity index (χ3n) is 2.92. The van der Waals surface area contributed by atoms with E-state index in [1.165, 1.54) is 5.57 Å². The molecule has 0 N–H and O–H groups in total. The fourth-order valence-corrected chi connectivity index (χ4v) is 1.36. The van der Waals surface area contributed by atoms with Crippen LogP contribution in [0.25, 0.3) is 0 Å². The summed E-state index contributed by atoms with van der Waals surface area (Å²) in [7, 11) is -1.56. The molecule has 0 saturated carbocycles. The zero-order chi connectivity index (χ0) is 10.7. The summed E-state index contributed by atoms with van der Waals surface area (Å²) in [6.45, 7) is 15.6. The Morgan fingerprint density at radius 1 is 1.31 bits per heavy atom. The molecular weight excluding hydrogens is 176 g/mol. The molecular formula is C11H24OSi. The molecule has 0 rings (SSSR count). The maximum absolute atomic E-state index is 5.92. The van der Waals surface area contributed by atoms with E-state index >= 15 is 0 Å². The quantitative estimate of drug-likeness (QED) is 0.487. The summed E-state index contributed by atoms with van der Waals surface area (Å²) in [6, 6.07) is 0. The van der Waals surface area contributed by atoms with Crippen molar-refractivity contribution in [3.8, 4) is 0 Å². The van der Waals surface area contributed by atoms with Crippen molar-refractivity contribution in [1.29, 1.82) is 0 Å². The molecule has 13 heavy (non-hydrogen) atoms. The molecule has 0 radical (unpaired) electrons. The van der Waals surface area contributed by atoms with E-state index < -0.39 is 8.32 Å². The van der Waals surface area contributed by atoms with Crippen LogP contribution in [0.2, 0.25) is 18.1 Å². The summed E-state index contributed by atoms with van der Waals surface area (Å²) in [6.07, 6.45) is 3.03. The van der Waals surface area contributed by atoms with Crippen LogP contribution in [-0.2, 0) is 4.43 Å². The van der Waals surface area contributed by atoms with Gasteiger partial charge in [0.2, 0.25) is 8.32 Å². The second-order valence-electron chi connectivity index (χ2n) is 5.20. The third-order valence-corrected chi connectivity index (χ3v) is 7.24. The van der Waals surface area contributed by atoms with E-state index in [1.807, 2.05) is 6.26 Å². The van der Waals surface area contributed by atoms with E-state index in [1.54, 1.807) is 0 Å². The van der Waals surface area contributed by atoms with Crippen molar-refractivity contribution in [1.82, 2.24) is 0 Å². The minimum Gasteiger partial charge on any atom is -0.549 e. The highest BCUT2D eigenvalue weighted by Gasteiger charge is 2.37. The van der Waals surface area contributed by atoms with Crippen molar-refractivity contribution < 1.29 is 4.43 Å². The highest BCUT2D eigenvalue weighted by Crippen LogP contribution is 2.36. The predicted molar refractivity (Wildman–Crippen MR) is 62.3 cm³/mol. The zero-order valence-corrected chi connectivity index (χ0v) is 11.2. The first kappa shape index (κ1) is 12.8. The molecule has 0 saturated heterocycles. The molecule has 0 aromatic heterocycles. The number of rotatable bonds is 3. The van der Waals surface area contributed by atoms with Gasteiger partial charge in [-0.25, -0.2) is 0 Å². The van der Waals surface area contributed by atoms with Gasteiger partial charge in [0.25, 0.3) is 0 Å². The van der Waals surface area contributed by atoms with Gasteiger partial charge in [-0.05, 0) is 37.0 Å². The molecule has 0 aliphatic rings. The van der Waals surface area contributed by atoms with Crippen molar-refractivity contribution in [3.63, 3.8) is 0 Å². The van der Waals surface area contributed by atoms with Crippen LogP contribution in [0.1, 0.15) is 41.0 Å². The van der Waals surface area contributed by atoms with Gasteiger partial charge in [-0.15, -0.1) is 0 Å². The smallest absolute Gasteiger partial charge is 0.249 e. The first-order valence-corrected chi connectivity index (χ1v) is 7.95. The maximum atomic E-state index is 5.92. The summed E-state index contributed by atoms with van der Waals surface area (Å²) in [5.41, 5.74) is 1.32. The lowest BCUT2D eigenvalue weighted by molar-refractivity contribution is 0.424. The number of allylic oxidation sites excluding steroid dienone is 1. The lowest BCUT2D eigenvalue weighted by Crippen LogP contribution is -2.39. The highest BCUT2D eigenvalue weighted by atomic mass is 28.4. The fraction of sp³-hybridized carbons (Fsp3) is 0.818. The Balaban J connectivity index is 4.36. The lowest BCUT2D eigenvalue weighted by Gasteiger charge is -2.35. The van der Waals surface area contributed by atoms with Crippen LogP contribution in [0.15, 0.2) is 11.8 Å². The second kappa shape index (κ2) is 4.31. The van der Waals surface area contributed by atoms with Gasteiger partial charge in [-0.1, -0.05) is 27.7 Å². The molecule has 0 spiro atoms. The molecule has 0 aromatic carbocycles. The van der Waals surface area contributed by atoms with Crippen LogP contribution in [0.4, 0.5) is 0 Å². The van der Waals surface area contributed by atoms with Gasteiger partial charge in [0.05, 0.1) is 6.26 Å². The normalized spacial score (nSPS) is 14.5. The van der Waals surface area contributed by atoms with Gasteiger partial charge in [0.15, 0.2) is 0 Å². The monoisotopic (exact) mass is 200 g/mol. The first-order valence-electron chi connectivity index (χ1n) is 5.04. The van der Waals surface area contributed by atoms with Crippen LogP contribution in [0, 0.1) is 0 Å². The third kappa shape index (κ3) is 3.99. The second-order valence-corrected chi connectivity index (χ2v) is 9.95. The van der Waals surface area contributed by atoms with E-state index in [4.69, 9.17) is 4.43 Å². The average molecular weight is 200 g/mol. The Morgan fingerprint density at radius 2 is 1.77 bits per heavy atom. The summed E-state index contributed by atoms with van der Waals surface area (Å²) in [4.78, 5) is 0. The molecule has 0 amide bonds. The molecule has 78 valence electrons. The van der Waals surface area contributed by atoms with Gasteiger partial charge in [-0.2, -0.15) is 0 Å². The first-order chi connectivity index (χ1) is 5.70. The molecule has 0 fully saturated rings. The van der Waals surface area contributed by atoms with Gasteiger partial charge >= 0.3 is 0 Å². The Hall–Kier alpha value is -0.243. The summed E-state index contributed by atoms with van der Waals surface area (Å²) < 4.78 is 5.92. The zero-order valence-electron chi connectivity index (χ0n) is 10.2. The molecule has 0 heterocycles. The summed E-state index contributed by atoms with van der Waals surface area (Å²) >= 11 is 0. The lowest BCUT2D eigenvalue weighted by atomic mass is 10.2. The summed E-state index contributed by atoms with van der Waals surface area (Å²) in [5.74, 6) is 0. The standard InChI is InChI=1S/C11H24OSi/c1-8-10(2)9-12-13(6,7)11(3,4)5/h9H,8H2,1-7H3/b10-9+. The van der Waals surface area contributed by atoms with Crippen molar-refractivity contribution in [2.45, 2.75) is 59.2 Å². The molecule has 0 atom stereocenters. The van der Waals surface area contributed by atoms with Crippen LogP contribution < -0.4 is 0 Å². The van der Waals surface area contributed by atoms with E-state index in [9.17, 15) is 0 Å². The Morgan fingerprint density at radius 3 is 2.08 bits per heavy atom. The van der Waals surface area contributed by atoms with Crippen LogP contribution in [0.3, 0.4) is 0 Å². The van der Waals surface area contributed by atoms with E-state index in [0.717, 1.165) is 6.42 Å². The molecule has 0 aliphatic carbocycles. The van der Waals surface area contributed by atoms with Crippen LogP contribution >= 0.6 is 0 Å². The van der Waals surface area contributed by atoms with E-state index in [2.05, 4.69) is 47.7 Å². The van der Waals surface area contributed by atoms with E-state index in [-0.39, 0.29) is 0 Å². The Kier molecular flexibility index (Phi) is 4.23.